The van der Waals surface area contributed by atoms with Crippen LogP contribution in [-0.2, 0) is 28.3 Å². The smallest absolute Gasteiger partial charge is 0.790 e. The zero-order valence-corrected chi connectivity index (χ0v) is 27.6. The first-order chi connectivity index (χ1) is 20.9. The number of hydrogen-bond donors (Lipinski definition) is 14. The van der Waals surface area contributed by atoms with Gasteiger partial charge in [-0.2, -0.15) is 0 Å². The molecule has 266 valence electrons. The minimum atomic E-state index is -5.14. The van der Waals surface area contributed by atoms with E-state index in [0.717, 1.165) is 0 Å². The summed E-state index contributed by atoms with van der Waals surface area (Å²) in [5, 5.41) is 84.9. The van der Waals surface area contributed by atoms with Crippen molar-refractivity contribution < 1.29 is 83.8 Å². The first-order valence-corrected chi connectivity index (χ1v) is 15.3. The summed E-state index contributed by atoms with van der Waals surface area (Å²) in [6, 6.07) is -3.45. The number of ether oxygens (including phenoxy) is 4. The fraction of sp³-hybridized carbons (Fsp3) is 0.955. The molecule has 3 fully saturated rings. The topological polar surface area (TPSA) is 415 Å². The van der Waals surface area contributed by atoms with Gasteiger partial charge in [0.25, 0.3) is 0 Å². The van der Waals surface area contributed by atoms with Gasteiger partial charge in [0.2, 0.25) is 5.91 Å². The fourth-order valence-electron chi connectivity index (χ4n) is 5.07. The van der Waals surface area contributed by atoms with Crippen LogP contribution in [-0.4, -0.2) is 207 Å². The van der Waals surface area contributed by atoms with Crippen molar-refractivity contribution in [2.75, 3.05) is 19.7 Å². The van der Waals surface area contributed by atoms with Crippen LogP contribution in [0.2, 0.25) is 0 Å². The Bertz CT molecular complexity index is 966. The van der Waals surface area contributed by atoms with Gasteiger partial charge in [-0.15, -0.1) is 0 Å². The second-order valence-electron chi connectivity index (χ2n) is 10.8. The standard InChI is InChI=1S/C22H43N5O13.Ca.H3O4P/c23-2-1-8(29)20(36)27-7-3-6(25)18(39-22-16(34)15(33)13(31)9(4-24)37-22)17(35)19(7)40-21-14(32)11(26)12(30)10(5-28)38-21;;1-5(2,3)4/h6-19,21-22,28-35H,1-5,23-26H2,(H,27,36);;(H3,1,2,3,4)/q;+2;/p-2/t6-,7+,8-,9+,10+,11-,12+,13+,14+,15-,16+,17-,18+,19-,21+,22+;;/m0../s1. The zero-order valence-electron chi connectivity index (χ0n) is 24.5. The molecule has 22 nitrogen and oxygen atoms in total. The number of nitrogens with one attached hydrogen (secondary N) is 1. The van der Waals surface area contributed by atoms with Crippen molar-refractivity contribution in [3.63, 3.8) is 0 Å². The number of rotatable bonds is 10. The quantitative estimate of drug-likeness (QED) is 0.0735. The molecule has 3 rings (SSSR count). The summed E-state index contributed by atoms with van der Waals surface area (Å²) in [6.07, 6.45) is -19.8. The zero-order chi connectivity index (χ0) is 34.4. The maximum Gasteiger partial charge on any atom is 2.00 e. The average Bonchev–Trinajstić information content (AvgIpc) is 2.96. The summed E-state index contributed by atoms with van der Waals surface area (Å²) in [5.41, 5.74) is 23.1. The predicted molar refractivity (Wildman–Crippen MR) is 147 cm³/mol. The summed E-state index contributed by atoms with van der Waals surface area (Å²) in [5.74, 6) is -0.845. The normalized spacial score (nSPS) is 42.2. The SMILES string of the molecule is NCC[C@H](O)C(=O)N[C@@H]1C[C@H](N)[C@@H](O[C@H]2O[C@H](CN)[C@@H](O)[C@H](O)[C@H]2O)[C@H](O)[C@H]1O[C@H]1O[C@H](CO)[C@@H](O)[C@H](N)[C@H]1O.O=P([O-])([O-])O.[Ca+2]. The molecule has 18 N–H and O–H groups in total. The Morgan fingerprint density at radius 2 is 1.41 bits per heavy atom. The van der Waals surface area contributed by atoms with Crippen molar-refractivity contribution in [3.05, 3.63) is 0 Å². The van der Waals surface area contributed by atoms with Crippen LogP contribution in [0.25, 0.3) is 0 Å². The molecule has 1 saturated carbocycles. The van der Waals surface area contributed by atoms with Gasteiger partial charge >= 0.3 is 37.7 Å². The molecule has 24 heteroatoms. The summed E-state index contributed by atoms with van der Waals surface area (Å²) in [6.45, 7) is -0.898. The number of amides is 1. The number of carbonyl (C=O) groups excluding carboxylic acids is 1. The molecule has 0 spiro atoms. The predicted octanol–water partition coefficient (Wildman–Crippen LogP) is -11.0. The van der Waals surface area contributed by atoms with Crippen LogP contribution in [0.5, 0.6) is 0 Å². The van der Waals surface area contributed by atoms with Crippen LogP contribution < -0.4 is 38.0 Å². The number of carbonyl (C=O) groups is 1. The van der Waals surface area contributed by atoms with Crippen LogP contribution in [0.1, 0.15) is 12.8 Å². The molecule has 1 aliphatic carbocycles. The van der Waals surface area contributed by atoms with Gasteiger partial charge in [0.05, 0.1) is 26.5 Å². The van der Waals surface area contributed by atoms with Crippen LogP contribution in [0.3, 0.4) is 0 Å². The first kappa shape index (κ1) is 44.2. The Hall–Kier alpha value is 0.200. The molecule has 0 bridgehead atoms. The molecule has 1 amide bonds. The van der Waals surface area contributed by atoms with Gasteiger partial charge in [-0.25, -0.2) is 0 Å². The van der Waals surface area contributed by atoms with Gasteiger partial charge in [-0.1, -0.05) is 0 Å². The van der Waals surface area contributed by atoms with E-state index in [0.29, 0.717) is 0 Å². The molecule has 0 radical (unpaired) electrons. The summed E-state index contributed by atoms with van der Waals surface area (Å²) >= 11 is 0. The van der Waals surface area contributed by atoms with Crippen LogP contribution in [0.15, 0.2) is 0 Å². The van der Waals surface area contributed by atoms with Crippen molar-refractivity contribution in [1.82, 2.24) is 5.32 Å². The van der Waals surface area contributed by atoms with Crippen molar-refractivity contribution in [1.29, 1.82) is 0 Å². The minimum Gasteiger partial charge on any atom is -0.790 e. The van der Waals surface area contributed by atoms with E-state index in [2.05, 4.69) is 5.32 Å². The van der Waals surface area contributed by atoms with Gasteiger partial charge in [-0.3, -0.25) is 4.79 Å². The van der Waals surface area contributed by atoms with Crippen molar-refractivity contribution in [2.24, 2.45) is 22.9 Å². The van der Waals surface area contributed by atoms with Gasteiger partial charge < -0.3 is 107 Å². The molecule has 2 aliphatic heterocycles. The van der Waals surface area contributed by atoms with E-state index in [4.69, 9.17) is 61.1 Å². The summed E-state index contributed by atoms with van der Waals surface area (Å²) < 4.78 is 31.2. The number of aliphatic hydroxyl groups excluding tert-OH is 8. The number of nitrogens with two attached hydrogens (primary N) is 4. The Kier molecular flexibility index (Phi) is 18.8. The second kappa shape index (κ2) is 19.6. The van der Waals surface area contributed by atoms with E-state index in [1.807, 2.05) is 0 Å². The Balaban J connectivity index is 0.00000163. The monoisotopic (exact) mass is 721 g/mol. The molecular formula is C22H44CaN5O17P. The Morgan fingerprint density at radius 3 is 1.93 bits per heavy atom. The molecule has 0 aromatic heterocycles. The molecule has 3 aliphatic rings. The van der Waals surface area contributed by atoms with E-state index in [9.17, 15) is 45.6 Å². The molecular weight excluding hydrogens is 677 g/mol. The summed E-state index contributed by atoms with van der Waals surface area (Å²) in [7, 11) is -5.14. The summed E-state index contributed by atoms with van der Waals surface area (Å²) in [4.78, 5) is 36.9. The number of phosphoric acid groups is 1. The van der Waals surface area contributed by atoms with E-state index in [1.165, 1.54) is 0 Å². The van der Waals surface area contributed by atoms with Gasteiger partial charge in [0.15, 0.2) is 12.6 Å². The Morgan fingerprint density at radius 1 is 0.891 bits per heavy atom. The van der Waals surface area contributed by atoms with E-state index in [1.54, 1.807) is 0 Å². The number of aliphatic hydroxyl groups is 8. The fourth-order valence-corrected chi connectivity index (χ4v) is 5.07. The molecule has 16 atom stereocenters. The molecule has 0 unspecified atom stereocenters. The molecule has 2 heterocycles. The molecule has 0 aromatic rings. The maximum absolute atomic E-state index is 12.6. The first-order valence-electron chi connectivity index (χ1n) is 13.8. The molecule has 0 aromatic carbocycles. The largest absolute Gasteiger partial charge is 2.00 e. The van der Waals surface area contributed by atoms with Crippen molar-refractivity contribution in [3.8, 4) is 0 Å². The minimum absolute atomic E-state index is 0. The average molecular weight is 722 g/mol. The van der Waals surface area contributed by atoms with E-state index in [-0.39, 0.29) is 63.7 Å². The van der Waals surface area contributed by atoms with Crippen LogP contribution in [0, 0.1) is 0 Å². The van der Waals surface area contributed by atoms with Crippen LogP contribution in [0.4, 0.5) is 0 Å². The third-order valence-electron chi connectivity index (χ3n) is 7.51. The van der Waals surface area contributed by atoms with Gasteiger partial charge in [-0.05, 0) is 19.4 Å². The molecule has 46 heavy (non-hydrogen) atoms. The third kappa shape index (κ3) is 11.9. The van der Waals surface area contributed by atoms with Crippen molar-refractivity contribution >= 4 is 51.5 Å². The van der Waals surface area contributed by atoms with E-state index >= 15 is 0 Å². The van der Waals surface area contributed by atoms with E-state index < -0.39 is 118 Å². The molecule has 2 saturated heterocycles. The van der Waals surface area contributed by atoms with Gasteiger partial charge in [0.1, 0.15) is 67.1 Å². The Labute approximate surface area is 292 Å². The second-order valence-corrected chi connectivity index (χ2v) is 11.7. The number of hydrogen-bond acceptors (Lipinski definition) is 20. The maximum atomic E-state index is 12.6. The van der Waals surface area contributed by atoms with Crippen LogP contribution >= 0.6 is 7.82 Å². The van der Waals surface area contributed by atoms with Crippen molar-refractivity contribution in [2.45, 2.75) is 111 Å². The third-order valence-corrected chi connectivity index (χ3v) is 7.51. The van der Waals surface area contributed by atoms with Gasteiger partial charge in [0, 0.05) is 12.6 Å².